The van der Waals surface area contributed by atoms with Gasteiger partial charge in [0.1, 0.15) is 34.5 Å². The second kappa shape index (κ2) is 8.46. The standard InChI is InChI=1S/C24H21F5N8/c1-4-23(12-5-7-13(25)8-6-12)16-19(30-3)34-21(35-20(16)36-23)17-14-11-31-37-18(14)33-15(32-17)9-10-22(2,26)24(27,28)29/h4-8,11H,1,9-10H2,2-3H3,(H2,30,34,35,36)(H,31,32,33,37). The Bertz CT molecular complexity index is 1500. The molecule has 0 amide bonds. The topological polar surface area (TPSA) is 104 Å². The van der Waals surface area contributed by atoms with Gasteiger partial charge in [0.15, 0.2) is 11.5 Å². The Morgan fingerprint density at radius 1 is 1.08 bits per heavy atom. The molecule has 0 saturated carbocycles. The molecule has 4 heterocycles. The van der Waals surface area contributed by atoms with Crippen LogP contribution in [0.15, 0.2) is 43.1 Å². The van der Waals surface area contributed by atoms with Crippen molar-refractivity contribution in [3.8, 4) is 11.5 Å². The predicted octanol–water partition coefficient (Wildman–Crippen LogP) is 5.07. The Balaban J connectivity index is 1.57. The molecule has 5 rings (SSSR count). The first-order valence-electron chi connectivity index (χ1n) is 11.2. The summed E-state index contributed by atoms with van der Waals surface area (Å²) in [5.41, 5.74) is -2.39. The second-order valence-electron chi connectivity index (χ2n) is 8.83. The fourth-order valence-corrected chi connectivity index (χ4v) is 4.25. The number of nitrogens with zero attached hydrogens (tertiary/aromatic N) is 5. The summed E-state index contributed by atoms with van der Waals surface area (Å²) in [5.74, 6) is 0.657. The maximum Gasteiger partial charge on any atom is 0.422 e. The quantitative estimate of drug-likeness (QED) is 0.233. The average Bonchev–Trinajstić information content (AvgIpc) is 3.32. The van der Waals surface area contributed by atoms with Crippen LogP contribution in [0.2, 0.25) is 0 Å². The number of hydrogen-bond donors (Lipinski definition) is 3. The Labute approximate surface area is 207 Å². The number of aromatic amines is 1. The zero-order valence-electron chi connectivity index (χ0n) is 19.7. The molecule has 0 aliphatic carbocycles. The van der Waals surface area contributed by atoms with E-state index in [-0.39, 0.29) is 35.2 Å². The van der Waals surface area contributed by atoms with Gasteiger partial charge in [-0.05, 0) is 31.0 Å². The molecule has 13 heteroatoms. The normalized spacial score (nSPS) is 18.5. The maximum absolute atomic E-state index is 14.2. The van der Waals surface area contributed by atoms with Gasteiger partial charge in [-0.3, -0.25) is 5.10 Å². The van der Waals surface area contributed by atoms with E-state index in [9.17, 15) is 22.0 Å². The van der Waals surface area contributed by atoms with Crippen molar-refractivity contribution in [1.29, 1.82) is 0 Å². The molecule has 0 fully saturated rings. The molecule has 0 spiro atoms. The number of fused-ring (bicyclic) bond motifs is 2. The van der Waals surface area contributed by atoms with Crippen molar-refractivity contribution in [2.75, 3.05) is 17.7 Å². The number of aryl methyl sites for hydroxylation is 1. The van der Waals surface area contributed by atoms with Gasteiger partial charge < -0.3 is 10.6 Å². The lowest BCUT2D eigenvalue weighted by Crippen LogP contribution is -2.45. The van der Waals surface area contributed by atoms with Gasteiger partial charge in [0.25, 0.3) is 0 Å². The van der Waals surface area contributed by atoms with Crippen molar-refractivity contribution >= 4 is 22.7 Å². The zero-order chi connectivity index (χ0) is 26.6. The monoisotopic (exact) mass is 516 g/mol. The summed E-state index contributed by atoms with van der Waals surface area (Å²) in [5, 5.41) is 13.3. The summed E-state index contributed by atoms with van der Waals surface area (Å²) < 4.78 is 66.7. The highest BCUT2D eigenvalue weighted by Gasteiger charge is 2.51. The Kier molecular flexibility index (Phi) is 5.61. The van der Waals surface area contributed by atoms with Crippen molar-refractivity contribution in [3.05, 3.63) is 65.9 Å². The van der Waals surface area contributed by atoms with Crippen molar-refractivity contribution in [2.45, 2.75) is 37.1 Å². The number of H-pyrrole nitrogens is 1. The average molecular weight is 516 g/mol. The van der Waals surface area contributed by atoms with E-state index in [2.05, 4.69) is 47.3 Å². The summed E-state index contributed by atoms with van der Waals surface area (Å²) in [6.45, 7) is 4.41. The van der Waals surface area contributed by atoms with E-state index in [0.29, 0.717) is 29.5 Å². The van der Waals surface area contributed by atoms with Gasteiger partial charge in [-0.2, -0.15) is 18.3 Å². The van der Waals surface area contributed by atoms with E-state index in [1.165, 1.54) is 18.3 Å². The summed E-state index contributed by atoms with van der Waals surface area (Å²) in [6.07, 6.45) is -3.14. The number of hydrogen-bond acceptors (Lipinski definition) is 7. The van der Waals surface area contributed by atoms with Crippen LogP contribution in [0.4, 0.5) is 33.6 Å². The predicted molar refractivity (Wildman–Crippen MR) is 127 cm³/mol. The first-order valence-corrected chi connectivity index (χ1v) is 11.2. The Hall–Kier alpha value is -4.16. The number of rotatable bonds is 7. The lowest BCUT2D eigenvalue weighted by molar-refractivity contribution is -0.225. The number of anilines is 2. The molecule has 1 aromatic carbocycles. The highest BCUT2D eigenvalue weighted by Crippen LogP contribution is 2.49. The first kappa shape index (κ1) is 24.5. The van der Waals surface area contributed by atoms with Gasteiger partial charge in [-0.15, -0.1) is 6.58 Å². The van der Waals surface area contributed by atoms with Gasteiger partial charge in [-0.25, -0.2) is 28.7 Å². The van der Waals surface area contributed by atoms with Crippen molar-refractivity contribution in [1.82, 2.24) is 30.1 Å². The molecule has 0 radical (unpaired) electrons. The molecule has 3 N–H and O–H groups in total. The fourth-order valence-electron chi connectivity index (χ4n) is 4.25. The lowest BCUT2D eigenvalue weighted by atomic mass is 9.77. The minimum absolute atomic E-state index is 0.0168. The van der Waals surface area contributed by atoms with Gasteiger partial charge >= 0.3 is 6.18 Å². The van der Waals surface area contributed by atoms with Crippen molar-refractivity contribution in [3.63, 3.8) is 0 Å². The van der Waals surface area contributed by atoms with Crippen LogP contribution in [0.1, 0.15) is 30.3 Å². The van der Waals surface area contributed by atoms with E-state index in [1.54, 1.807) is 25.3 Å². The molecule has 0 bridgehead atoms. The van der Waals surface area contributed by atoms with Crippen LogP contribution >= 0.6 is 0 Å². The Morgan fingerprint density at radius 2 is 1.81 bits per heavy atom. The van der Waals surface area contributed by atoms with Crippen molar-refractivity contribution < 1.29 is 22.0 Å². The molecule has 2 unspecified atom stereocenters. The summed E-state index contributed by atoms with van der Waals surface area (Å²) in [4.78, 5) is 17.7. The van der Waals surface area contributed by atoms with Crippen LogP contribution < -0.4 is 10.6 Å². The Morgan fingerprint density at radius 3 is 2.46 bits per heavy atom. The van der Waals surface area contributed by atoms with Crippen LogP contribution in [0.3, 0.4) is 0 Å². The first-order chi connectivity index (χ1) is 17.5. The van der Waals surface area contributed by atoms with E-state index >= 15 is 0 Å². The molecule has 0 saturated heterocycles. The van der Waals surface area contributed by atoms with Gasteiger partial charge in [-0.1, -0.05) is 18.2 Å². The molecule has 1 aliphatic rings. The van der Waals surface area contributed by atoms with Crippen LogP contribution in [0.5, 0.6) is 0 Å². The van der Waals surface area contributed by atoms with Crippen LogP contribution in [0.25, 0.3) is 22.6 Å². The maximum atomic E-state index is 14.2. The molecule has 37 heavy (non-hydrogen) atoms. The third-order valence-corrected chi connectivity index (χ3v) is 6.44. The minimum Gasteiger partial charge on any atom is -0.373 e. The van der Waals surface area contributed by atoms with Gasteiger partial charge in [0.05, 0.1) is 17.1 Å². The summed E-state index contributed by atoms with van der Waals surface area (Å²) >= 11 is 0. The van der Waals surface area contributed by atoms with E-state index in [0.717, 1.165) is 5.56 Å². The molecular formula is C24H21F5N8. The molecule has 1 aliphatic heterocycles. The largest absolute Gasteiger partial charge is 0.422 e. The lowest BCUT2D eigenvalue weighted by Gasteiger charge is -2.43. The van der Waals surface area contributed by atoms with Gasteiger partial charge in [0.2, 0.25) is 5.67 Å². The van der Waals surface area contributed by atoms with E-state index < -0.39 is 23.8 Å². The highest BCUT2D eigenvalue weighted by atomic mass is 19.4. The van der Waals surface area contributed by atoms with E-state index in [4.69, 9.17) is 0 Å². The fraction of sp³-hybridized carbons (Fsp3) is 0.292. The number of benzene rings is 1. The van der Waals surface area contributed by atoms with Crippen LogP contribution in [0, 0.1) is 5.82 Å². The smallest absolute Gasteiger partial charge is 0.373 e. The molecule has 4 aromatic rings. The number of alkyl halides is 4. The molecule has 3 aromatic heterocycles. The summed E-state index contributed by atoms with van der Waals surface area (Å²) in [7, 11) is 1.67. The third kappa shape index (κ3) is 3.94. The molecule has 8 nitrogen and oxygen atoms in total. The molecule has 2 atom stereocenters. The third-order valence-electron chi connectivity index (χ3n) is 6.44. The number of halogens is 5. The summed E-state index contributed by atoms with van der Waals surface area (Å²) in [6, 6.07) is 5.94. The number of aromatic nitrogens is 6. The van der Waals surface area contributed by atoms with Crippen LogP contribution in [-0.2, 0) is 12.0 Å². The number of nitrogens with one attached hydrogen (secondary N) is 3. The van der Waals surface area contributed by atoms with E-state index in [1.807, 2.05) is 0 Å². The second-order valence-corrected chi connectivity index (χ2v) is 8.83. The zero-order valence-corrected chi connectivity index (χ0v) is 19.7. The highest BCUT2D eigenvalue weighted by molar-refractivity contribution is 5.89. The van der Waals surface area contributed by atoms with Gasteiger partial charge in [0, 0.05) is 13.5 Å². The van der Waals surface area contributed by atoms with Crippen LogP contribution in [-0.4, -0.2) is 49.0 Å². The molecular weight excluding hydrogens is 495 g/mol. The SMILES string of the molecule is C=CC1(c2ccc(F)cc2)Nc2nc(-c3nc(CCC(C)(F)C(F)(F)F)nc4[nH]ncc34)nc(NC)c21. The van der Waals surface area contributed by atoms with Crippen molar-refractivity contribution in [2.24, 2.45) is 0 Å². The minimum atomic E-state index is -5.02. The molecule has 192 valence electrons.